The molecule has 2 nitrogen and oxygen atoms in total. The molecule has 0 radical (unpaired) electrons. The lowest BCUT2D eigenvalue weighted by molar-refractivity contribution is 0.112. The molecule has 1 aromatic rings. The molecule has 1 heterocycles. The van der Waals surface area contributed by atoms with Gasteiger partial charge in [0.1, 0.15) is 6.29 Å². The van der Waals surface area contributed by atoms with Crippen LogP contribution in [0.2, 0.25) is 0 Å². The average molecular weight is 215 g/mol. The minimum Gasteiger partial charge on any atom is -0.371 e. The Morgan fingerprint density at radius 3 is 2.94 bits per heavy atom. The minimum absolute atomic E-state index is 0.809. The van der Waals surface area contributed by atoms with E-state index in [1.54, 1.807) is 0 Å². The van der Waals surface area contributed by atoms with Crippen molar-refractivity contribution < 1.29 is 4.79 Å². The molecule has 0 N–H and O–H groups in total. The van der Waals surface area contributed by atoms with E-state index in [4.69, 9.17) is 0 Å². The highest BCUT2D eigenvalue weighted by Gasteiger charge is 2.25. The van der Waals surface area contributed by atoms with Crippen LogP contribution in [0.25, 0.3) is 0 Å². The highest BCUT2D eigenvalue weighted by atomic mass is 16.1. The van der Waals surface area contributed by atoms with Crippen molar-refractivity contribution in [2.75, 3.05) is 18.0 Å². The molecule has 16 heavy (non-hydrogen) atoms. The zero-order valence-corrected chi connectivity index (χ0v) is 9.48. The van der Waals surface area contributed by atoms with Gasteiger partial charge in [0, 0.05) is 24.3 Å². The highest BCUT2D eigenvalue weighted by Crippen LogP contribution is 2.33. The SMILES string of the molecule is O=Cc1ccc2c(c1)CCN2CC1CCC1. The fourth-order valence-corrected chi connectivity index (χ4v) is 2.74. The van der Waals surface area contributed by atoms with E-state index in [0.717, 1.165) is 30.7 Å². The van der Waals surface area contributed by atoms with Crippen LogP contribution in [-0.4, -0.2) is 19.4 Å². The van der Waals surface area contributed by atoms with E-state index in [0.29, 0.717) is 0 Å². The second-order valence-corrected chi connectivity index (χ2v) is 5.00. The summed E-state index contributed by atoms with van der Waals surface area (Å²) in [6, 6.07) is 6.10. The van der Waals surface area contributed by atoms with Gasteiger partial charge in [-0.2, -0.15) is 0 Å². The summed E-state index contributed by atoms with van der Waals surface area (Å²) in [5.74, 6) is 0.914. The second kappa shape index (κ2) is 3.93. The lowest BCUT2D eigenvalue weighted by Gasteiger charge is -2.31. The Kier molecular flexibility index (Phi) is 2.43. The van der Waals surface area contributed by atoms with Crippen molar-refractivity contribution in [1.29, 1.82) is 0 Å². The summed E-state index contributed by atoms with van der Waals surface area (Å²) >= 11 is 0. The number of carbonyl (C=O) groups is 1. The van der Waals surface area contributed by atoms with Gasteiger partial charge in [0.2, 0.25) is 0 Å². The lowest BCUT2D eigenvalue weighted by atomic mass is 9.85. The molecule has 0 aromatic heterocycles. The maximum absolute atomic E-state index is 10.7. The van der Waals surface area contributed by atoms with Gasteiger partial charge in [0.05, 0.1) is 0 Å². The standard InChI is InChI=1S/C14H17NO/c16-10-12-4-5-14-13(8-12)6-7-15(14)9-11-2-1-3-11/h4-5,8,10-11H,1-3,6-7,9H2. The average Bonchev–Trinajstić information content (AvgIpc) is 2.65. The van der Waals surface area contributed by atoms with Gasteiger partial charge in [0.25, 0.3) is 0 Å². The molecule has 0 saturated heterocycles. The Balaban J connectivity index is 1.79. The van der Waals surface area contributed by atoms with Gasteiger partial charge < -0.3 is 4.90 Å². The van der Waals surface area contributed by atoms with Crippen LogP contribution in [0.4, 0.5) is 5.69 Å². The Labute approximate surface area is 96.3 Å². The van der Waals surface area contributed by atoms with Gasteiger partial charge in [-0.3, -0.25) is 4.79 Å². The summed E-state index contributed by atoms with van der Waals surface area (Å²) in [5.41, 5.74) is 3.52. The van der Waals surface area contributed by atoms with E-state index in [2.05, 4.69) is 11.0 Å². The van der Waals surface area contributed by atoms with Crippen LogP contribution < -0.4 is 4.90 Å². The molecule has 1 aromatic carbocycles. The summed E-state index contributed by atoms with van der Waals surface area (Å²) in [5, 5.41) is 0. The second-order valence-electron chi connectivity index (χ2n) is 5.00. The van der Waals surface area contributed by atoms with Crippen molar-refractivity contribution >= 4 is 12.0 Å². The maximum Gasteiger partial charge on any atom is 0.150 e. The van der Waals surface area contributed by atoms with Gasteiger partial charge in [-0.05, 0) is 48.9 Å². The topological polar surface area (TPSA) is 20.3 Å². The van der Waals surface area contributed by atoms with Crippen molar-refractivity contribution in [3.8, 4) is 0 Å². The van der Waals surface area contributed by atoms with Crippen molar-refractivity contribution in [3.63, 3.8) is 0 Å². The number of aldehydes is 1. The predicted octanol–water partition coefficient (Wildman–Crippen LogP) is 2.66. The molecule has 0 spiro atoms. The Hall–Kier alpha value is -1.31. The molecule has 2 aliphatic rings. The van der Waals surface area contributed by atoms with Crippen LogP contribution in [0.5, 0.6) is 0 Å². The van der Waals surface area contributed by atoms with Gasteiger partial charge in [-0.25, -0.2) is 0 Å². The van der Waals surface area contributed by atoms with Crippen LogP contribution in [0, 0.1) is 5.92 Å². The molecule has 84 valence electrons. The van der Waals surface area contributed by atoms with Crippen LogP contribution in [0.1, 0.15) is 35.2 Å². The number of fused-ring (bicyclic) bond motifs is 1. The monoisotopic (exact) mass is 215 g/mol. The molecule has 1 fully saturated rings. The van der Waals surface area contributed by atoms with Crippen molar-refractivity contribution in [1.82, 2.24) is 0 Å². The molecular formula is C14H17NO. The quantitative estimate of drug-likeness (QED) is 0.722. The third-order valence-electron chi connectivity index (χ3n) is 3.93. The molecule has 0 amide bonds. The third kappa shape index (κ3) is 1.62. The highest BCUT2D eigenvalue weighted by molar-refractivity contribution is 5.77. The first-order valence-corrected chi connectivity index (χ1v) is 6.20. The van der Waals surface area contributed by atoms with Crippen molar-refractivity contribution in [2.24, 2.45) is 5.92 Å². The Bertz CT molecular complexity index is 409. The number of rotatable bonds is 3. The molecule has 2 heteroatoms. The molecule has 3 rings (SSSR count). The molecule has 1 aliphatic carbocycles. The molecule has 0 unspecified atom stereocenters. The molecule has 1 aliphatic heterocycles. The Morgan fingerprint density at radius 2 is 2.25 bits per heavy atom. The van der Waals surface area contributed by atoms with Crippen molar-refractivity contribution in [2.45, 2.75) is 25.7 Å². The largest absolute Gasteiger partial charge is 0.371 e. The van der Waals surface area contributed by atoms with Crippen molar-refractivity contribution in [3.05, 3.63) is 29.3 Å². The van der Waals surface area contributed by atoms with Crippen LogP contribution in [0.3, 0.4) is 0 Å². The third-order valence-corrected chi connectivity index (χ3v) is 3.93. The molecular weight excluding hydrogens is 198 g/mol. The number of hydrogen-bond donors (Lipinski definition) is 0. The van der Waals surface area contributed by atoms with E-state index in [1.165, 1.54) is 37.1 Å². The molecule has 1 saturated carbocycles. The van der Waals surface area contributed by atoms with E-state index < -0.39 is 0 Å². The number of benzene rings is 1. The van der Waals surface area contributed by atoms with Gasteiger partial charge in [-0.1, -0.05) is 6.42 Å². The zero-order chi connectivity index (χ0) is 11.0. The summed E-state index contributed by atoms with van der Waals surface area (Å²) in [6.07, 6.45) is 6.25. The van der Waals surface area contributed by atoms with Gasteiger partial charge >= 0.3 is 0 Å². The van der Waals surface area contributed by atoms with E-state index in [9.17, 15) is 4.79 Å². The fourth-order valence-electron chi connectivity index (χ4n) is 2.74. The minimum atomic E-state index is 0.809. The van der Waals surface area contributed by atoms with E-state index in [1.807, 2.05) is 12.1 Å². The lowest BCUT2D eigenvalue weighted by Crippen LogP contribution is -2.31. The zero-order valence-electron chi connectivity index (χ0n) is 9.48. The predicted molar refractivity (Wildman–Crippen MR) is 65.1 cm³/mol. The summed E-state index contributed by atoms with van der Waals surface area (Å²) in [6.45, 7) is 2.35. The fraction of sp³-hybridized carbons (Fsp3) is 0.500. The van der Waals surface area contributed by atoms with Crippen LogP contribution in [0.15, 0.2) is 18.2 Å². The summed E-state index contributed by atoms with van der Waals surface area (Å²) in [7, 11) is 0. The first-order valence-electron chi connectivity index (χ1n) is 6.20. The van der Waals surface area contributed by atoms with Gasteiger partial charge in [0.15, 0.2) is 0 Å². The Morgan fingerprint density at radius 1 is 1.38 bits per heavy atom. The first kappa shape index (κ1) is 9.88. The van der Waals surface area contributed by atoms with Crippen LogP contribution in [-0.2, 0) is 6.42 Å². The number of anilines is 1. The van der Waals surface area contributed by atoms with Crippen LogP contribution >= 0.6 is 0 Å². The van der Waals surface area contributed by atoms with Gasteiger partial charge in [-0.15, -0.1) is 0 Å². The number of hydrogen-bond acceptors (Lipinski definition) is 2. The first-order chi connectivity index (χ1) is 7.86. The number of nitrogens with zero attached hydrogens (tertiary/aromatic N) is 1. The maximum atomic E-state index is 10.7. The van der Waals surface area contributed by atoms with E-state index >= 15 is 0 Å². The summed E-state index contributed by atoms with van der Waals surface area (Å²) < 4.78 is 0. The van der Waals surface area contributed by atoms with E-state index in [-0.39, 0.29) is 0 Å². The smallest absolute Gasteiger partial charge is 0.150 e. The molecule has 0 bridgehead atoms. The summed E-state index contributed by atoms with van der Waals surface area (Å²) in [4.78, 5) is 13.2. The normalized spacial score (nSPS) is 19.4. The number of carbonyl (C=O) groups excluding carboxylic acids is 1. The molecule has 0 atom stereocenters.